The second-order valence-electron chi connectivity index (χ2n) is 13.2. The third kappa shape index (κ3) is 10.0. The standard InChI is InChI=1S/C36H47ClN2O9S/c1-9-29(47-30-18-13-24(35(5,6)10-2)21-27(30)36(7,8)11-3)34(41)38-28-22-31(23(4)32(37)33(28)40)48-49(44,45)20-12-19-46-26-16-14-25(15-17-26)39(42)43/h13-18,21-22,29,40H,9-12,19-20H2,1-8H3,(H,38,41). The summed E-state index contributed by atoms with van der Waals surface area (Å²) < 4.78 is 42.9. The molecule has 1 amide bonds. The van der Waals surface area contributed by atoms with Crippen LogP contribution in [0, 0.1) is 17.0 Å². The Morgan fingerprint density at radius 3 is 2.20 bits per heavy atom. The number of carbonyl (C=O) groups excluding carboxylic acids is 1. The first-order valence-electron chi connectivity index (χ1n) is 16.3. The van der Waals surface area contributed by atoms with Gasteiger partial charge in [-0.15, -0.1) is 0 Å². The van der Waals surface area contributed by atoms with E-state index in [0.29, 0.717) is 17.9 Å². The van der Waals surface area contributed by atoms with Crippen molar-refractivity contribution in [2.45, 2.75) is 98.0 Å². The maximum atomic E-state index is 13.5. The summed E-state index contributed by atoms with van der Waals surface area (Å²) in [5, 5.41) is 24.1. The predicted molar refractivity (Wildman–Crippen MR) is 192 cm³/mol. The highest BCUT2D eigenvalue weighted by Gasteiger charge is 2.30. The van der Waals surface area contributed by atoms with Crippen LogP contribution in [-0.2, 0) is 25.7 Å². The minimum absolute atomic E-state index is 0.00563. The summed E-state index contributed by atoms with van der Waals surface area (Å²) in [6.45, 7) is 16.2. The van der Waals surface area contributed by atoms with Gasteiger partial charge in [0.15, 0.2) is 11.9 Å². The first-order chi connectivity index (χ1) is 22.9. The zero-order chi connectivity index (χ0) is 36.7. The molecule has 2 N–H and O–H groups in total. The lowest BCUT2D eigenvalue weighted by Crippen LogP contribution is -2.33. The van der Waals surface area contributed by atoms with E-state index in [1.54, 1.807) is 6.92 Å². The number of phenols is 1. The van der Waals surface area contributed by atoms with Gasteiger partial charge in [0.25, 0.3) is 11.6 Å². The van der Waals surface area contributed by atoms with Crippen molar-refractivity contribution in [1.29, 1.82) is 0 Å². The van der Waals surface area contributed by atoms with Crippen LogP contribution in [0.25, 0.3) is 0 Å². The molecule has 0 fully saturated rings. The van der Waals surface area contributed by atoms with Gasteiger partial charge in [0.05, 0.1) is 28.0 Å². The van der Waals surface area contributed by atoms with Crippen LogP contribution in [0.2, 0.25) is 5.02 Å². The number of hydrogen-bond donors (Lipinski definition) is 2. The lowest BCUT2D eigenvalue weighted by Gasteiger charge is -2.31. The molecule has 11 nitrogen and oxygen atoms in total. The number of nitro groups is 1. The summed E-state index contributed by atoms with van der Waals surface area (Å²) in [6.07, 6.45) is 1.21. The van der Waals surface area contributed by atoms with Crippen LogP contribution in [0.15, 0.2) is 48.5 Å². The lowest BCUT2D eigenvalue weighted by molar-refractivity contribution is -0.384. The number of hydrogen-bond acceptors (Lipinski definition) is 9. The van der Waals surface area contributed by atoms with Crippen LogP contribution in [0.1, 0.15) is 90.8 Å². The highest BCUT2D eigenvalue weighted by Crippen LogP contribution is 2.42. The average Bonchev–Trinajstić information content (AvgIpc) is 3.06. The number of anilines is 1. The molecular formula is C36H47ClN2O9S. The van der Waals surface area contributed by atoms with Gasteiger partial charge in [0.2, 0.25) is 0 Å². The fourth-order valence-electron chi connectivity index (χ4n) is 4.83. The van der Waals surface area contributed by atoms with Crippen molar-refractivity contribution in [3.63, 3.8) is 0 Å². The SMILES string of the molecule is CCC(Oc1ccc(C(C)(C)CC)cc1C(C)(C)CC)C(=O)Nc1cc(OS(=O)(=O)CCCOc2ccc([N+](=O)[O-])cc2)c(C)c(Cl)c1O. The summed E-state index contributed by atoms with van der Waals surface area (Å²) in [6, 6.07) is 12.7. The molecule has 3 aromatic carbocycles. The van der Waals surface area contributed by atoms with Crippen molar-refractivity contribution in [3.8, 4) is 23.0 Å². The quantitative estimate of drug-likeness (QED) is 0.0459. The van der Waals surface area contributed by atoms with E-state index < -0.39 is 38.6 Å². The number of nitrogens with zero attached hydrogens (tertiary/aromatic N) is 1. The molecule has 0 aliphatic heterocycles. The normalized spacial score (nSPS) is 12.7. The van der Waals surface area contributed by atoms with E-state index in [0.717, 1.165) is 18.4 Å². The van der Waals surface area contributed by atoms with Crippen LogP contribution in [-0.4, -0.2) is 42.8 Å². The van der Waals surface area contributed by atoms with E-state index in [2.05, 4.69) is 52.9 Å². The Labute approximate surface area is 294 Å². The predicted octanol–water partition coefficient (Wildman–Crippen LogP) is 8.61. The van der Waals surface area contributed by atoms with Crippen molar-refractivity contribution in [2.75, 3.05) is 17.7 Å². The van der Waals surface area contributed by atoms with E-state index >= 15 is 0 Å². The maximum absolute atomic E-state index is 13.5. The molecule has 3 rings (SSSR count). The molecule has 1 unspecified atom stereocenters. The number of ether oxygens (including phenoxy) is 2. The van der Waals surface area contributed by atoms with Gasteiger partial charge in [0, 0.05) is 29.3 Å². The van der Waals surface area contributed by atoms with Crippen LogP contribution < -0.4 is 19.0 Å². The minimum Gasteiger partial charge on any atom is -0.504 e. The molecule has 0 bridgehead atoms. The topological polar surface area (TPSA) is 154 Å². The van der Waals surface area contributed by atoms with E-state index in [-0.39, 0.29) is 51.6 Å². The average molecular weight is 719 g/mol. The van der Waals surface area contributed by atoms with Crippen molar-refractivity contribution < 1.29 is 36.9 Å². The Balaban J connectivity index is 1.76. The smallest absolute Gasteiger partial charge is 0.309 e. The molecule has 268 valence electrons. The van der Waals surface area contributed by atoms with Gasteiger partial charge in [-0.1, -0.05) is 72.2 Å². The van der Waals surface area contributed by atoms with Crippen molar-refractivity contribution >= 4 is 39.0 Å². The molecule has 13 heteroatoms. The molecule has 49 heavy (non-hydrogen) atoms. The molecule has 0 spiro atoms. The Bertz CT molecular complexity index is 1760. The molecule has 0 saturated heterocycles. The van der Waals surface area contributed by atoms with Crippen molar-refractivity contribution in [1.82, 2.24) is 0 Å². The molecule has 0 heterocycles. The van der Waals surface area contributed by atoms with Gasteiger partial charge < -0.3 is 24.1 Å². The number of benzene rings is 3. The fraction of sp³-hybridized carbons (Fsp3) is 0.472. The molecule has 0 aliphatic carbocycles. The van der Waals surface area contributed by atoms with E-state index in [1.165, 1.54) is 42.8 Å². The number of non-ortho nitro benzene ring substituents is 1. The zero-order valence-electron chi connectivity index (χ0n) is 29.4. The first kappa shape index (κ1) is 39.4. The van der Waals surface area contributed by atoms with E-state index in [4.69, 9.17) is 25.3 Å². The zero-order valence-corrected chi connectivity index (χ0v) is 31.0. The van der Waals surface area contributed by atoms with Gasteiger partial charge in [-0.3, -0.25) is 14.9 Å². The van der Waals surface area contributed by atoms with Crippen molar-refractivity contribution in [2.24, 2.45) is 0 Å². The first-order valence-corrected chi connectivity index (χ1v) is 18.2. The van der Waals surface area contributed by atoms with Crippen molar-refractivity contribution in [3.05, 3.63) is 80.4 Å². The Morgan fingerprint density at radius 1 is 1.00 bits per heavy atom. The van der Waals surface area contributed by atoms with Crippen LogP contribution in [0.3, 0.4) is 0 Å². The molecule has 3 aromatic rings. The van der Waals surface area contributed by atoms with E-state index in [9.17, 15) is 28.4 Å². The van der Waals surface area contributed by atoms with Gasteiger partial charge >= 0.3 is 10.1 Å². The van der Waals surface area contributed by atoms with Gasteiger partial charge in [-0.25, -0.2) is 0 Å². The Hall–Kier alpha value is -4.03. The maximum Gasteiger partial charge on any atom is 0.309 e. The van der Waals surface area contributed by atoms with Crippen LogP contribution in [0.5, 0.6) is 23.0 Å². The van der Waals surface area contributed by atoms with E-state index in [1.807, 2.05) is 12.1 Å². The molecule has 0 aliphatic rings. The molecule has 0 aromatic heterocycles. The highest BCUT2D eigenvalue weighted by molar-refractivity contribution is 7.87. The van der Waals surface area contributed by atoms with Gasteiger partial charge in [-0.2, -0.15) is 8.42 Å². The Morgan fingerprint density at radius 2 is 1.63 bits per heavy atom. The third-order valence-electron chi connectivity index (χ3n) is 8.96. The number of nitrogens with one attached hydrogen (secondary N) is 1. The number of amides is 1. The number of carbonyl (C=O) groups is 1. The van der Waals surface area contributed by atoms with Gasteiger partial charge in [0.1, 0.15) is 17.2 Å². The third-order valence-corrected chi connectivity index (χ3v) is 10.6. The largest absolute Gasteiger partial charge is 0.504 e. The summed E-state index contributed by atoms with van der Waals surface area (Å²) in [7, 11) is -4.15. The molecule has 0 radical (unpaired) electrons. The van der Waals surface area contributed by atoms with Crippen LogP contribution >= 0.6 is 11.6 Å². The second kappa shape index (κ2) is 16.1. The molecule has 0 saturated carbocycles. The summed E-state index contributed by atoms with van der Waals surface area (Å²) in [5.41, 5.74) is 1.82. The molecule has 1 atom stereocenters. The lowest BCUT2D eigenvalue weighted by atomic mass is 9.76. The molecular weight excluding hydrogens is 672 g/mol. The number of phenolic OH excluding ortho intramolecular Hbond substituents is 1. The Kier molecular flexibility index (Phi) is 13.0. The monoisotopic (exact) mass is 718 g/mol. The summed E-state index contributed by atoms with van der Waals surface area (Å²) in [5.74, 6) is -0.651. The fourth-order valence-corrected chi connectivity index (χ4v) is 6.02. The minimum atomic E-state index is -4.15. The number of aromatic hydroxyl groups is 1. The summed E-state index contributed by atoms with van der Waals surface area (Å²) in [4.78, 5) is 23.8. The van der Waals surface area contributed by atoms with Crippen LogP contribution in [0.4, 0.5) is 11.4 Å². The summed E-state index contributed by atoms with van der Waals surface area (Å²) >= 11 is 6.35. The van der Waals surface area contributed by atoms with Gasteiger partial charge in [-0.05, 0) is 67.2 Å². The number of halogens is 1. The number of nitro benzene ring substituents is 1. The second-order valence-corrected chi connectivity index (χ2v) is 15.3. The highest BCUT2D eigenvalue weighted by atomic mass is 35.5. The number of rotatable bonds is 17.